The number of hydrogen-bond donors (Lipinski definition) is 0. The summed E-state index contributed by atoms with van der Waals surface area (Å²) >= 11 is 1.16. The van der Waals surface area contributed by atoms with Gasteiger partial charge in [-0.2, -0.15) is 13.2 Å². The van der Waals surface area contributed by atoms with E-state index in [9.17, 15) is 22.8 Å². The zero-order chi connectivity index (χ0) is 22.2. The topological polar surface area (TPSA) is 65.7 Å². The smallest absolute Gasteiger partial charge is 0.450 e. The van der Waals surface area contributed by atoms with Crippen molar-refractivity contribution in [3.05, 3.63) is 80.8 Å². The molecular weight excluding hydrogens is 433 g/mol. The molecule has 0 saturated carbocycles. The lowest BCUT2D eigenvalue weighted by Gasteiger charge is -2.13. The predicted octanol–water partition coefficient (Wildman–Crippen LogP) is 5.77. The van der Waals surface area contributed by atoms with E-state index < -0.39 is 28.9 Å². The van der Waals surface area contributed by atoms with Gasteiger partial charge in [0.15, 0.2) is 0 Å². The molecule has 4 rings (SSSR count). The van der Waals surface area contributed by atoms with Crippen LogP contribution in [0.2, 0.25) is 0 Å². The van der Waals surface area contributed by atoms with E-state index >= 15 is 0 Å². The van der Waals surface area contributed by atoms with Crippen molar-refractivity contribution in [2.75, 3.05) is 7.11 Å². The number of hydrogen-bond acceptors (Lipinski definition) is 6. The molecule has 2 aromatic carbocycles. The molecule has 0 fully saturated rings. The van der Waals surface area contributed by atoms with Crippen LogP contribution in [0.1, 0.15) is 15.4 Å². The van der Waals surface area contributed by atoms with Gasteiger partial charge >= 0.3 is 12.1 Å². The molecule has 4 aromatic rings. The third-order valence-corrected chi connectivity index (χ3v) is 5.28. The van der Waals surface area contributed by atoms with Crippen LogP contribution >= 0.6 is 11.3 Å². The van der Waals surface area contributed by atoms with Gasteiger partial charge in [-0.25, -0.2) is 4.79 Å². The highest BCUT2D eigenvalue weighted by Gasteiger charge is 2.39. The molecule has 0 atom stereocenters. The number of ether oxygens (including phenoxy) is 2. The number of esters is 1. The maximum Gasteiger partial charge on any atom is 0.450 e. The number of benzene rings is 2. The molecule has 0 N–H and O–H groups in total. The molecule has 0 saturated heterocycles. The SMILES string of the molecule is COc1ccc(-c2c(C(F)(F)F)oc3cc(OC(=O)c4cccs4)ccc3c2=O)cc1. The Balaban J connectivity index is 1.84. The predicted molar refractivity (Wildman–Crippen MR) is 109 cm³/mol. The molecular formula is C22H13F3O5S. The summed E-state index contributed by atoms with van der Waals surface area (Å²) in [6, 6.07) is 12.5. The minimum absolute atomic E-state index is 0.0389. The van der Waals surface area contributed by atoms with Gasteiger partial charge in [-0.15, -0.1) is 11.3 Å². The minimum atomic E-state index is -4.92. The lowest BCUT2D eigenvalue weighted by atomic mass is 10.0. The number of rotatable bonds is 4. The molecule has 2 aromatic heterocycles. The van der Waals surface area contributed by atoms with E-state index in [1.165, 1.54) is 43.5 Å². The van der Waals surface area contributed by atoms with Crippen LogP contribution in [0, 0.1) is 0 Å². The van der Waals surface area contributed by atoms with Crippen molar-refractivity contribution in [2.45, 2.75) is 6.18 Å². The third-order valence-electron chi connectivity index (χ3n) is 4.43. The first-order chi connectivity index (χ1) is 14.8. The summed E-state index contributed by atoms with van der Waals surface area (Å²) in [7, 11) is 1.42. The van der Waals surface area contributed by atoms with E-state index in [1.807, 2.05) is 0 Å². The maximum absolute atomic E-state index is 13.7. The van der Waals surface area contributed by atoms with Crippen molar-refractivity contribution in [3.8, 4) is 22.6 Å². The zero-order valence-electron chi connectivity index (χ0n) is 15.9. The Bertz CT molecular complexity index is 1310. The number of thiophene rings is 1. The average Bonchev–Trinajstić information content (AvgIpc) is 3.28. The molecule has 0 aliphatic carbocycles. The van der Waals surface area contributed by atoms with Gasteiger partial charge in [0.05, 0.1) is 18.1 Å². The van der Waals surface area contributed by atoms with Gasteiger partial charge in [0.2, 0.25) is 11.2 Å². The van der Waals surface area contributed by atoms with Crippen LogP contribution in [-0.2, 0) is 6.18 Å². The minimum Gasteiger partial charge on any atom is -0.497 e. The molecule has 0 aliphatic rings. The standard InChI is InChI=1S/C22H13F3O5S/c1-28-13-6-4-12(5-7-13)18-19(26)15-9-8-14(29-21(27)17-3-2-10-31-17)11-16(15)30-20(18)22(23,24)25/h2-11H,1H3. The maximum atomic E-state index is 13.7. The summed E-state index contributed by atoms with van der Waals surface area (Å²) in [6.45, 7) is 0. The van der Waals surface area contributed by atoms with Crippen molar-refractivity contribution in [1.82, 2.24) is 0 Å². The molecule has 9 heteroatoms. The fraction of sp³-hybridized carbons (Fsp3) is 0.0909. The van der Waals surface area contributed by atoms with Crippen molar-refractivity contribution in [2.24, 2.45) is 0 Å². The first-order valence-electron chi connectivity index (χ1n) is 8.86. The average molecular weight is 446 g/mol. The second-order valence-electron chi connectivity index (χ2n) is 6.39. The molecule has 0 spiro atoms. The Morgan fingerprint density at radius 1 is 1.03 bits per heavy atom. The van der Waals surface area contributed by atoms with Crippen LogP contribution in [0.4, 0.5) is 13.2 Å². The summed E-state index contributed by atoms with van der Waals surface area (Å²) in [6.07, 6.45) is -4.92. The lowest BCUT2D eigenvalue weighted by Crippen LogP contribution is -2.16. The summed E-state index contributed by atoms with van der Waals surface area (Å²) in [5, 5.41) is 1.61. The van der Waals surface area contributed by atoms with E-state index in [4.69, 9.17) is 13.9 Å². The van der Waals surface area contributed by atoms with Gasteiger partial charge in [-0.1, -0.05) is 18.2 Å². The summed E-state index contributed by atoms with van der Waals surface area (Å²) in [4.78, 5) is 25.4. The number of methoxy groups -OCH3 is 1. The second-order valence-corrected chi connectivity index (χ2v) is 7.33. The lowest BCUT2D eigenvalue weighted by molar-refractivity contribution is -0.152. The van der Waals surface area contributed by atoms with Gasteiger partial charge in [0, 0.05) is 6.07 Å². The quantitative estimate of drug-likeness (QED) is 0.294. The molecule has 31 heavy (non-hydrogen) atoms. The van der Waals surface area contributed by atoms with Gasteiger partial charge in [0.1, 0.15) is 22.0 Å². The van der Waals surface area contributed by atoms with Gasteiger partial charge in [-0.05, 0) is 41.3 Å². The van der Waals surface area contributed by atoms with Gasteiger partial charge in [-0.3, -0.25) is 4.79 Å². The normalized spacial score (nSPS) is 11.5. The highest BCUT2D eigenvalue weighted by molar-refractivity contribution is 7.12. The van der Waals surface area contributed by atoms with E-state index in [0.29, 0.717) is 10.6 Å². The molecule has 0 bridgehead atoms. The molecule has 158 valence electrons. The number of carbonyl (C=O) groups excluding carboxylic acids is 1. The van der Waals surface area contributed by atoms with Crippen LogP contribution in [-0.4, -0.2) is 13.1 Å². The summed E-state index contributed by atoms with van der Waals surface area (Å²) in [5.41, 5.74) is -1.76. The van der Waals surface area contributed by atoms with Gasteiger partial charge in [0.25, 0.3) is 0 Å². The molecule has 0 amide bonds. The Kier molecular flexibility index (Phi) is 5.28. The fourth-order valence-electron chi connectivity index (χ4n) is 3.01. The zero-order valence-corrected chi connectivity index (χ0v) is 16.7. The van der Waals surface area contributed by atoms with Crippen LogP contribution < -0.4 is 14.9 Å². The third kappa shape index (κ3) is 4.04. The number of fused-ring (bicyclic) bond motifs is 1. The van der Waals surface area contributed by atoms with E-state index in [2.05, 4.69) is 0 Å². The van der Waals surface area contributed by atoms with E-state index in [0.717, 1.165) is 17.4 Å². The Morgan fingerprint density at radius 3 is 2.35 bits per heavy atom. The van der Waals surface area contributed by atoms with Gasteiger partial charge < -0.3 is 13.9 Å². The second kappa shape index (κ2) is 7.92. The highest BCUT2D eigenvalue weighted by atomic mass is 32.1. The van der Waals surface area contributed by atoms with Crippen LogP contribution in [0.25, 0.3) is 22.1 Å². The Labute approximate surface area is 177 Å². The summed E-state index contributed by atoms with van der Waals surface area (Å²) < 4.78 is 56.5. The molecule has 0 radical (unpaired) electrons. The first-order valence-corrected chi connectivity index (χ1v) is 9.74. The van der Waals surface area contributed by atoms with Crippen LogP contribution in [0.15, 0.2) is 69.2 Å². The first kappa shape index (κ1) is 20.7. The van der Waals surface area contributed by atoms with Crippen LogP contribution in [0.5, 0.6) is 11.5 Å². The van der Waals surface area contributed by atoms with E-state index in [-0.39, 0.29) is 22.3 Å². The molecule has 0 aliphatic heterocycles. The van der Waals surface area contributed by atoms with Crippen molar-refractivity contribution < 1.29 is 31.9 Å². The highest BCUT2D eigenvalue weighted by Crippen LogP contribution is 2.38. The number of halogens is 3. The van der Waals surface area contributed by atoms with Crippen molar-refractivity contribution in [1.29, 1.82) is 0 Å². The number of alkyl halides is 3. The summed E-state index contributed by atoms with van der Waals surface area (Å²) in [5.74, 6) is -1.71. The Hall–Kier alpha value is -3.59. The number of carbonyl (C=O) groups is 1. The molecule has 5 nitrogen and oxygen atoms in total. The fourth-order valence-corrected chi connectivity index (χ4v) is 3.61. The molecule has 0 unspecified atom stereocenters. The van der Waals surface area contributed by atoms with E-state index in [1.54, 1.807) is 17.5 Å². The largest absolute Gasteiger partial charge is 0.497 e. The monoisotopic (exact) mass is 446 g/mol. The van der Waals surface area contributed by atoms with Crippen molar-refractivity contribution in [3.63, 3.8) is 0 Å². The Morgan fingerprint density at radius 2 is 1.74 bits per heavy atom. The molecule has 2 heterocycles. The van der Waals surface area contributed by atoms with Crippen LogP contribution in [0.3, 0.4) is 0 Å². The van der Waals surface area contributed by atoms with Crippen molar-refractivity contribution >= 4 is 28.3 Å².